The molecule has 0 aliphatic heterocycles. The molecule has 0 bridgehead atoms. The summed E-state index contributed by atoms with van der Waals surface area (Å²) in [5, 5.41) is 13.1. The normalized spacial score (nSPS) is 14.9. The second kappa shape index (κ2) is 5.75. The van der Waals surface area contributed by atoms with E-state index in [1.165, 1.54) is 0 Å². The Bertz CT molecular complexity index is 315. The first kappa shape index (κ1) is 12.8. The second-order valence-corrected chi connectivity index (χ2v) is 5.20. The maximum absolute atomic E-state index is 9.22. The molecule has 0 amide bonds. The highest BCUT2D eigenvalue weighted by Gasteiger charge is 2.20. The first-order chi connectivity index (χ1) is 7.09. The van der Waals surface area contributed by atoms with E-state index < -0.39 is 0 Å². The number of aliphatic hydroxyl groups excluding tert-OH is 1. The van der Waals surface area contributed by atoms with Gasteiger partial charge in [0.05, 0.1) is 6.61 Å². The molecule has 2 N–H and O–H groups in total. The number of hydrogen-bond acceptors (Lipinski definition) is 3. The Morgan fingerprint density at radius 1 is 1.53 bits per heavy atom. The molecule has 0 heterocycles. The van der Waals surface area contributed by atoms with Gasteiger partial charge >= 0.3 is 0 Å². The summed E-state index contributed by atoms with van der Waals surface area (Å²) in [5.74, 6) is 0.806. The Balaban J connectivity index is 2.56. The Morgan fingerprint density at radius 2 is 2.27 bits per heavy atom. The third-order valence-electron chi connectivity index (χ3n) is 2.31. The van der Waals surface area contributed by atoms with Gasteiger partial charge in [-0.15, -0.1) is 11.8 Å². The molecule has 84 valence electrons. The Morgan fingerprint density at radius 3 is 2.80 bits per heavy atom. The van der Waals surface area contributed by atoms with Gasteiger partial charge in [-0.2, -0.15) is 0 Å². The lowest BCUT2D eigenvalue weighted by Gasteiger charge is -2.26. The van der Waals surface area contributed by atoms with Crippen molar-refractivity contribution < 1.29 is 5.11 Å². The highest BCUT2D eigenvalue weighted by molar-refractivity contribution is 7.99. The first-order valence-corrected chi connectivity index (χ1v) is 6.14. The average Bonchev–Trinajstić information content (AvgIpc) is 2.26. The van der Waals surface area contributed by atoms with Crippen molar-refractivity contribution in [3.05, 3.63) is 29.3 Å². The van der Waals surface area contributed by atoms with Crippen molar-refractivity contribution in [2.75, 3.05) is 19.4 Å². The van der Waals surface area contributed by atoms with Crippen LogP contribution in [0.1, 0.15) is 6.92 Å². The van der Waals surface area contributed by atoms with Crippen LogP contribution in [0.2, 0.25) is 5.02 Å². The lowest BCUT2D eigenvalue weighted by atomic mass is 10.1. The summed E-state index contributed by atoms with van der Waals surface area (Å²) in [5.41, 5.74) is -0.243. The van der Waals surface area contributed by atoms with E-state index in [1.54, 1.807) is 11.8 Å². The van der Waals surface area contributed by atoms with E-state index in [0.29, 0.717) is 0 Å². The summed E-state index contributed by atoms with van der Waals surface area (Å²) in [6.45, 7) is 2.11. The van der Waals surface area contributed by atoms with E-state index in [4.69, 9.17) is 11.6 Å². The molecule has 1 aromatic carbocycles. The molecule has 0 aromatic heterocycles. The van der Waals surface area contributed by atoms with Crippen molar-refractivity contribution in [1.82, 2.24) is 5.32 Å². The van der Waals surface area contributed by atoms with Crippen LogP contribution in [0.3, 0.4) is 0 Å². The second-order valence-electron chi connectivity index (χ2n) is 3.71. The van der Waals surface area contributed by atoms with Crippen LogP contribution < -0.4 is 5.32 Å². The van der Waals surface area contributed by atoms with Gasteiger partial charge in [0.1, 0.15) is 0 Å². The fourth-order valence-corrected chi connectivity index (χ4v) is 2.36. The van der Waals surface area contributed by atoms with Gasteiger partial charge in [0, 0.05) is 21.2 Å². The molecule has 2 nitrogen and oxygen atoms in total. The highest BCUT2D eigenvalue weighted by atomic mass is 35.5. The van der Waals surface area contributed by atoms with Crippen LogP contribution in [0, 0.1) is 0 Å². The van der Waals surface area contributed by atoms with Crippen molar-refractivity contribution in [2.24, 2.45) is 0 Å². The van der Waals surface area contributed by atoms with Gasteiger partial charge in [-0.3, -0.25) is 0 Å². The molecule has 1 atom stereocenters. The maximum atomic E-state index is 9.22. The topological polar surface area (TPSA) is 32.3 Å². The van der Waals surface area contributed by atoms with Gasteiger partial charge in [0.25, 0.3) is 0 Å². The lowest BCUT2D eigenvalue weighted by Crippen LogP contribution is -2.45. The van der Waals surface area contributed by atoms with Gasteiger partial charge in [0.15, 0.2) is 0 Å². The smallest absolute Gasteiger partial charge is 0.0618 e. The number of likely N-dealkylation sites (N-methyl/N-ethyl adjacent to an activating group) is 1. The summed E-state index contributed by atoms with van der Waals surface area (Å²) < 4.78 is 0. The Kier molecular flexibility index (Phi) is 4.93. The molecule has 0 aliphatic carbocycles. The number of rotatable bonds is 5. The standard InChI is InChI=1S/C11H16ClNOS/c1-11(7-14,13-2)8-15-10-5-3-4-9(12)6-10/h3-6,13-14H,7-8H2,1-2H3. The molecule has 1 unspecified atom stereocenters. The average molecular weight is 246 g/mol. The van der Waals surface area contributed by atoms with Crippen molar-refractivity contribution >= 4 is 23.4 Å². The van der Waals surface area contributed by atoms with Crippen molar-refractivity contribution in [1.29, 1.82) is 0 Å². The molecule has 0 saturated heterocycles. The number of thioether (sulfide) groups is 1. The van der Waals surface area contributed by atoms with E-state index in [0.717, 1.165) is 15.7 Å². The molecule has 0 aliphatic rings. The number of nitrogens with one attached hydrogen (secondary N) is 1. The van der Waals surface area contributed by atoms with E-state index in [9.17, 15) is 5.11 Å². The van der Waals surface area contributed by atoms with Crippen LogP contribution in [0.25, 0.3) is 0 Å². The third kappa shape index (κ3) is 4.03. The third-order valence-corrected chi connectivity index (χ3v) is 3.91. The minimum absolute atomic E-state index is 0.122. The molecular formula is C11H16ClNOS. The zero-order valence-corrected chi connectivity index (χ0v) is 10.5. The summed E-state index contributed by atoms with van der Waals surface area (Å²) in [4.78, 5) is 1.12. The van der Waals surface area contributed by atoms with Gasteiger partial charge in [0.2, 0.25) is 0 Å². The number of benzene rings is 1. The van der Waals surface area contributed by atoms with Crippen molar-refractivity contribution in [2.45, 2.75) is 17.4 Å². The number of halogens is 1. The van der Waals surface area contributed by atoms with Gasteiger partial charge in [-0.1, -0.05) is 17.7 Å². The summed E-state index contributed by atoms with van der Waals surface area (Å²) in [6.07, 6.45) is 0. The maximum Gasteiger partial charge on any atom is 0.0618 e. The predicted molar refractivity (Wildman–Crippen MR) is 66.7 cm³/mol. The lowest BCUT2D eigenvalue weighted by molar-refractivity contribution is 0.200. The van der Waals surface area contributed by atoms with E-state index >= 15 is 0 Å². The monoisotopic (exact) mass is 245 g/mol. The molecule has 0 spiro atoms. The molecule has 15 heavy (non-hydrogen) atoms. The van der Waals surface area contributed by atoms with Crippen molar-refractivity contribution in [3.8, 4) is 0 Å². The molecule has 4 heteroatoms. The summed E-state index contributed by atoms with van der Waals surface area (Å²) >= 11 is 7.57. The van der Waals surface area contributed by atoms with Crippen molar-refractivity contribution in [3.63, 3.8) is 0 Å². The van der Waals surface area contributed by atoms with Gasteiger partial charge < -0.3 is 10.4 Å². The summed E-state index contributed by atoms with van der Waals surface area (Å²) in [6, 6.07) is 7.74. The van der Waals surface area contributed by atoms with Crippen LogP contribution in [0.5, 0.6) is 0 Å². The van der Waals surface area contributed by atoms with Crippen LogP contribution in [0.4, 0.5) is 0 Å². The van der Waals surface area contributed by atoms with E-state index in [1.807, 2.05) is 38.2 Å². The van der Waals surface area contributed by atoms with Gasteiger partial charge in [-0.25, -0.2) is 0 Å². The molecule has 1 rings (SSSR count). The quantitative estimate of drug-likeness (QED) is 0.782. The minimum atomic E-state index is -0.243. The zero-order chi connectivity index (χ0) is 11.3. The molecule has 0 fully saturated rings. The molecule has 0 radical (unpaired) electrons. The van der Waals surface area contributed by atoms with E-state index in [2.05, 4.69) is 5.32 Å². The van der Waals surface area contributed by atoms with Crippen LogP contribution in [-0.2, 0) is 0 Å². The fraction of sp³-hybridized carbons (Fsp3) is 0.455. The van der Waals surface area contributed by atoms with Gasteiger partial charge in [-0.05, 0) is 32.2 Å². The van der Waals surface area contributed by atoms with Crippen LogP contribution >= 0.6 is 23.4 Å². The largest absolute Gasteiger partial charge is 0.394 e. The van der Waals surface area contributed by atoms with Crippen LogP contribution in [0.15, 0.2) is 29.2 Å². The SMILES string of the molecule is CNC(C)(CO)CSc1cccc(Cl)c1. The fourth-order valence-electron chi connectivity index (χ4n) is 0.996. The Hall–Kier alpha value is -0.220. The first-order valence-electron chi connectivity index (χ1n) is 4.78. The van der Waals surface area contributed by atoms with Crippen LogP contribution in [-0.4, -0.2) is 30.1 Å². The zero-order valence-electron chi connectivity index (χ0n) is 8.96. The Labute approximate surface area is 100 Å². The highest BCUT2D eigenvalue weighted by Crippen LogP contribution is 2.24. The molecule has 0 saturated carbocycles. The number of hydrogen-bond donors (Lipinski definition) is 2. The minimum Gasteiger partial charge on any atom is -0.394 e. The molecule has 1 aromatic rings. The summed E-state index contributed by atoms with van der Waals surface area (Å²) in [7, 11) is 1.86. The number of aliphatic hydroxyl groups is 1. The van der Waals surface area contributed by atoms with E-state index in [-0.39, 0.29) is 12.1 Å². The molecular weight excluding hydrogens is 230 g/mol. The predicted octanol–water partition coefficient (Wildman–Crippen LogP) is 2.40.